The fraction of sp³-hybridized carbons (Fsp3) is 0.286. The number of alkyl halides is 3. The third kappa shape index (κ3) is 5.15. The lowest BCUT2D eigenvalue weighted by Crippen LogP contribution is -2.42. The predicted molar refractivity (Wildman–Crippen MR) is 150 cm³/mol. The van der Waals surface area contributed by atoms with Gasteiger partial charge in [0.1, 0.15) is 5.82 Å². The van der Waals surface area contributed by atoms with Gasteiger partial charge in [-0.2, -0.15) is 27.1 Å². The van der Waals surface area contributed by atoms with Gasteiger partial charge in [0.05, 0.1) is 26.8 Å². The number of halogens is 4. The van der Waals surface area contributed by atoms with Gasteiger partial charge in [-0.25, -0.2) is 13.4 Å². The van der Waals surface area contributed by atoms with Crippen LogP contribution in [0.4, 0.5) is 19.0 Å². The lowest BCUT2D eigenvalue weighted by Gasteiger charge is -2.32. The van der Waals surface area contributed by atoms with Crippen molar-refractivity contribution >= 4 is 43.0 Å². The second-order valence-corrected chi connectivity index (χ2v) is 12.7. The Hall–Kier alpha value is -3.22. The van der Waals surface area contributed by atoms with Crippen molar-refractivity contribution in [1.82, 2.24) is 18.9 Å². The molecule has 0 amide bonds. The normalized spacial score (nSPS) is 18.1. The summed E-state index contributed by atoms with van der Waals surface area (Å²) >= 11 is 3.53. The van der Waals surface area contributed by atoms with Crippen molar-refractivity contribution in [3.63, 3.8) is 0 Å². The number of benzene rings is 2. The van der Waals surface area contributed by atoms with Crippen LogP contribution >= 0.6 is 15.9 Å². The molecule has 1 unspecified atom stereocenters. The van der Waals surface area contributed by atoms with E-state index in [2.05, 4.69) is 38.5 Å². The Morgan fingerprint density at radius 1 is 1.07 bits per heavy atom. The number of aromatic nitrogens is 3. The molecular weight excluding hydrogens is 607 g/mol. The van der Waals surface area contributed by atoms with Gasteiger partial charge in [0.15, 0.2) is 5.65 Å². The zero-order chi connectivity index (χ0) is 28.1. The molecule has 0 bridgehead atoms. The van der Waals surface area contributed by atoms with E-state index in [0.717, 1.165) is 46.3 Å². The topological polar surface area (TPSA) is 79.6 Å². The first-order chi connectivity index (χ1) is 19.1. The van der Waals surface area contributed by atoms with Crippen LogP contribution in [-0.4, -0.2) is 47.0 Å². The van der Waals surface area contributed by atoms with Gasteiger partial charge in [-0.3, -0.25) is 0 Å². The number of fused-ring (bicyclic) bond motifs is 1. The van der Waals surface area contributed by atoms with Gasteiger partial charge in [-0.15, -0.1) is 0 Å². The number of anilines is 1. The second kappa shape index (κ2) is 10.3. The van der Waals surface area contributed by atoms with E-state index in [1.807, 2.05) is 24.3 Å². The summed E-state index contributed by atoms with van der Waals surface area (Å²) in [5, 5.41) is 7.85. The second-order valence-electron chi connectivity index (χ2n) is 9.98. The van der Waals surface area contributed by atoms with Crippen LogP contribution in [0.15, 0.2) is 76.2 Å². The Kier molecular flexibility index (Phi) is 6.96. The first-order valence-corrected chi connectivity index (χ1v) is 15.1. The molecule has 1 aliphatic heterocycles. The molecule has 3 heterocycles. The molecule has 1 atom stereocenters. The highest BCUT2D eigenvalue weighted by molar-refractivity contribution is 9.10. The summed E-state index contributed by atoms with van der Waals surface area (Å²) < 4.78 is 71.0. The maximum absolute atomic E-state index is 13.6. The number of hydrogen-bond donors (Lipinski definition) is 1. The van der Waals surface area contributed by atoms with Crippen LogP contribution in [0.2, 0.25) is 0 Å². The molecule has 7 nitrogen and oxygen atoms in total. The highest BCUT2D eigenvalue weighted by Crippen LogP contribution is 2.39. The van der Waals surface area contributed by atoms with E-state index in [4.69, 9.17) is 4.98 Å². The number of hydrogen-bond acceptors (Lipinski definition) is 5. The van der Waals surface area contributed by atoms with Crippen molar-refractivity contribution in [3.8, 4) is 11.3 Å². The Morgan fingerprint density at radius 3 is 2.55 bits per heavy atom. The van der Waals surface area contributed by atoms with Gasteiger partial charge in [0.25, 0.3) is 0 Å². The molecule has 6 rings (SSSR count). The molecule has 12 heteroatoms. The number of piperidine rings is 1. The van der Waals surface area contributed by atoms with Crippen molar-refractivity contribution in [2.75, 3.05) is 25.0 Å². The zero-order valence-electron chi connectivity index (χ0n) is 21.2. The molecule has 1 aliphatic carbocycles. The molecule has 2 aromatic heterocycles. The van der Waals surface area contributed by atoms with Crippen LogP contribution in [0.3, 0.4) is 0 Å². The maximum Gasteiger partial charge on any atom is 0.417 e. The van der Waals surface area contributed by atoms with Crippen molar-refractivity contribution in [2.45, 2.75) is 30.3 Å². The number of sulfonamides is 1. The first kappa shape index (κ1) is 27.0. The van der Waals surface area contributed by atoms with E-state index in [9.17, 15) is 21.6 Å². The molecule has 4 aromatic rings. The van der Waals surface area contributed by atoms with Crippen molar-refractivity contribution < 1.29 is 21.6 Å². The minimum Gasteiger partial charge on any atom is -0.370 e. The standard InChI is InChI=1S/C28H25BrF3N5O2S/c29-23-16-34-37-26(14-24(35-27(23)37)21-8-2-1-7-20(21)19-11-12-19)33-15-18-6-5-13-36(17-18)40(38,39)25-10-4-3-9-22(25)28(30,31)32/h1-4,7-11,14,16,18,33H,5-6,12-13,15,17H2. The average Bonchev–Trinajstić information content (AvgIpc) is 3.74. The summed E-state index contributed by atoms with van der Waals surface area (Å²) in [5.41, 5.74) is 3.67. The molecule has 0 saturated carbocycles. The Morgan fingerprint density at radius 2 is 1.80 bits per heavy atom. The quantitative estimate of drug-likeness (QED) is 0.253. The first-order valence-electron chi connectivity index (χ1n) is 12.9. The fourth-order valence-corrected chi connectivity index (χ4v) is 7.30. The Bertz CT molecular complexity index is 1740. The molecule has 1 fully saturated rings. The summed E-state index contributed by atoms with van der Waals surface area (Å²) in [7, 11) is -4.33. The van der Waals surface area contributed by atoms with Crippen molar-refractivity contribution in [3.05, 3.63) is 82.5 Å². The third-order valence-electron chi connectivity index (χ3n) is 7.25. The van der Waals surface area contributed by atoms with Crippen LogP contribution in [0, 0.1) is 5.92 Å². The van der Waals surface area contributed by atoms with Crippen molar-refractivity contribution in [1.29, 1.82) is 0 Å². The maximum atomic E-state index is 13.6. The predicted octanol–water partition coefficient (Wildman–Crippen LogP) is 6.48. The molecule has 2 aromatic carbocycles. The largest absolute Gasteiger partial charge is 0.417 e. The van der Waals surface area contributed by atoms with E-state index in [1.54, 1.807) is 10.7 Å². The van der Waals surface area contributed by atoms with Gasteiger partial charge in [0, 0.05) is 31.3 Å². The van der Waals surface area contributed by atoms with Crippen LogP contribution < -0.4 is 5.32 Å². The SMILES string of the molecule is O=S(=O)(c1ccccc1C(F)(F)F)N1CCCC(CNc2cc(-c3ccccc3C3=CC3)nc3c(Br)cnn23)C1. The Labute approximate surface area is 237 Å². The van der Waals surface area contributed by atoms with E-state index in [-0.39, 0.29) is 19.0 Å². The molecule has 1 N–H and O–H groups in total. The van der Waals surface area contributed by atoms with Crippen LogP contribution in [-0.2, 0) is 16.2 Å². The summed E-state index contributed by atoms with van der Waals surface area (Å²) in [6.07, 6.45) is 1.31. The average molecular weight is 633 g/mol. The molecule has 1 saturated heterocycles. The molecule has 0 radical (unpaired) electrons. The van der Waals surface area contributed by atoms with Crippen LogP contribution in [0.1, 0.15) is 30.4 Å². The van der Waals surface area contributed by atoms with E-state index in [0.29, 0.717) is 24.4 Å². The van der Waals surface area contributed by atoms with Gasteiger partial charge >= 0.3 is 6.18 Å². The molecule has 40 heavy (non-hydrogen) atoms. The lowest BCUT2D eigenvalue weighted by molar-refractivity contribution is -0.139. The lowest BCUT2D eigenvalue weighted by atomic mass is 9.99. The zero-order valence-corrected chi connectivity index (χ0v) is 23.6. The monoisotopic (exact) mass is 631 g/mol. The molecule has 0 spiro atoms. The number of rotatable bonds is 7. The van der Waals surface area contributed by atoms with Gasteiger partial charge in [-0.1, -0.05) is 42.5 Å². The van der Waals surface area contributed by atoms with E-state index >= 15 is 0 Å². The highest BCUT2D eigenvalue weighted by Gasteiger charge is 2.40. The summed E-state index contributed by atoms with van der Waals surface area (Å²) in [5.74, 6) is 0.573. The Balaban J connectivity index is 1.26. The number of nitrogens with zero attached hydrogens (tertiary/aromatic N) is 4. The summed E-state index contributed by atoms with van der Waals surface area (Å²) in [6.45, 7) is 0.700. The highest BCUT2D eigenvalue weighted by atomic mass is 79.9. The van der Waals surface area contributed by atoms with Crippen LogP contribution in [0.25, 0.3) is 22.5 Å². The van der Waals surface area contributed by atoms with Gasteiger partial charge in [-0.05, 0) is 64.4 Å². The summed E-state index contributed by atoms with van der Waals surface area (Å²) in [6, 6.07) is 14.4. The fourth-order valence-electron chi connectivity index (χ4n) is 5.18. The van der Waals surface area contributed by atoms with E-state index < -0.39 is 26.7 Å². The van der Waals surface area contributed by atoms with Crippen LogP contribution in [0.5, 0.6) is 0 Å². The number of allylic oxidation sites excluding steroid dienone is 2. The minimum atomic E-state index is -4.77. The smallest absolute Gasteiger partial charge is 0.370 e. The number of nitrogens with one attached hydrogen (secondary N) is 1. The molecule has 2 aliphatic rings. The van der Waals surface area contributed by atoms with Crippen molar-refractivity contribution in [2.24, 2.45) is 5.92 Å². The van der Waals surface area contributed by atoms with Gasteiger partial charge < -0.3 is 5.32 Å². The summed E-state index contributed by atoms with van der Waals surface area (Å²) in [4.78, 5) is 4.14. The minimum absolute atomic E-state index is 0.113. The molecular formula is C28H25BrF3N5O2S. The molecule has 208 valence electrons. The van der Waals surface area contributed by atoms with Gasteiger partial charge in [0.2, 0.25) is 10.0 Å². The van der Waals surface area contributed by atoms with E-state index in [1.165, 1.54) is 22.0 Å². The third-order valence-corrected chi connectivity index (χ3v) is 9.73.